The van der Waals surface area contributed by atoms with Crippen molar-refractivity contribution in [3.8, 4) is 6.07 Å². The average molecular weight is 125 g/mol. The van der Waals surface area contributed by atoms with Crippen LogP contribution in [-0.4, -0.2) is 11.2 Å². The van der Waals surface area contributed by atoms with Gasteiger partial charge in [-0.05, 0) is 13.8 Å². The molecule has 0 heterocycles. The van der Waals surface area contributed by atoms with Crippen molar-refractivity contribution in [1.82, 2.24) is 0 Å². The summed E-state index contributed by atoms with van der Waals surface area (Å²) in [5.41, 5.74) is 0. The molecule has 0 aliphatic heterocycles. The van der Waals surface area contributed by atoms with Gasteiger partial charge in [0, 0.05) is 0 Å². The molecule has 2 unspecified atom stereocenters. The van der Waals surface area contributed by atoms with E-state index in [4.69, 9.17) is 10.4 Å². The van der Waals surface area contributed by atoms with Crippen molar-refractivity contribution in [2.24, 2.45) is 5.92 Å². The zero-order chi connectivity index (χ0) is 7.28. The summed E-state index contributed by atoms with van der Waals surface area (Å²) in [6, 6.07) is 1.97. The van der Waals surface area contributed by atoms with E-state index in [0.29, 0.717) is 0 Å². The van der Waals surface area contributed by atoms with Crippen LogP contribution in [0.2, 0.25) is 0 Å². The molecule has 50 valence electrons. The van der Waals surface area contributed by atoms with Crippen LogP contribution in [0.4, 0.5) is 0 Å². The topological polar surface area (TPSA) is 44.0 Å². The average Bonchev–Trinajstić information content (AvgIpc) is 1.82. The maximum absolute atomic E-state index is 8.87. The van der Waals surface area contributed by atoms with E-state index in [1.807, 2.05) is 13.0 Å². The number of nitrogens with zero attached hydrogens (tertiary/aromatic N) is 1. The lowest BCUT2D eigenvalue weighted by Gasteiger charge is -2.04. The molecular weight excluding hydrogens is 114 g/mol. The molecule has 0 rings (SSSR count). The van der Waals surface area contributed by atoms with Gasteiger partial charge < -0.3 is 5.11 Å². The number of aliphatic hydroxyl groups is 1. The number of allylic oxidation sites excluding steroid dienone is 1. The minimum absolute atomic E-state index is 0.352. The molecule has 0 fully saturated rings. The first-order chi connectivity index (χ1) is 4.22. The molecule has 9 heavy (non-hydrogen) atoms. The highest BCUT2D eigenvalue weighted by Crippen LogP contribution is 2.02. The first kappa shape index (κ1) is 8.19. The molecule has 0 saturated heterocycles. The maximum atomic E-state index is 8.87. The molecule has 1 N–H and O–H groups in total. The van der Waals surface area contributed by atoms with Crippen molar-refractivity contribution in [1.29, 1.82) is 5.26 Å². The van der Waals surface area contributed by atoms with Crippen molar-refractivity contribution in [3.63, 3.8) is 0 Å². The second kappa shape index (κ2) is 4.11. The van der Waals surface area contributed by atoms with E-state index in [0.717, 1.165) is 0 Å². The Bertz CT molecular complexity index is 132. The highest BCUT2D eigenvalue weighted by Gasteiger charge is 2.07. The lowest BCUT2D eigenvalue weighted by atomic mass is 10.1. The van der Waals surface area contributed by atoms with Gasteiger partial charge in [-0.15, -0.1) is 0 Å². The number of aliphatic hydroxyl groups excluding tert-OH is 1. The smallest absolute Gasteiger partial charge is 0.0899 e. The Hall–Kier alpha value is -0.810. The summed E-state index contributed by atoms with van der Waals surface area (Å²) in [5, 5.41) is 17.2. The Kier molecular flexibility index (Phi) is 3.74. The second-order valence-electron chi connectivity index (χ2n) is 1.92. The van der Waals surface area contributed by atoms with Crippen LogP contribution in [0.15, 0.2) is 12.2 Å². The first-order valence-corrected chi connectivity index (χ1v) is 2.93. The molecule has 0 saturated carbocycles. The van der Waals surface area contributed by atoms with Crippen LogP contribution in [0.25, 0.3) is 0 Å². The van der Waals surface area contributed by atoms with Gasteiger partial charge in [-0.3, -0.25) is 0 Å². The normalized spacial score (nSPS) is 17.1. The van der Waals surface area contributed by atoms with Gasteiger partial charge in [0.05, 0.1) is 18.1 Å². The van der Waals surface area contributed by atoms with Crippen molar-refractivity contribution in [2.45, 2.75) is 20.0 Å². The zero-order valence-electron chi connectivity index (χ0n) is 5.70. The molecule has 0 bridgehead atoms. The summed E-state index contributed by atoms with van der Waals surface area (Å²) in [5.74, 6) is -0.352. The molecular formula is C7H11NO. The first-order valence-electron chi connectivity index (χ1n) is 2.93. The lowest BCUT2D eigenvalue weighted by molar-refractivity contribution is 0.171. The van der Waals surface area contributed by atoms with E-state index in [-0.39, 0.29) is 5.92 Å². The Balaban J connectivity index is 3.87. The number of nitriles is 1. The van der Waals surface area contributed by atoms with Crippen molar-refractivity contribution in [2.75, 3.05) is 0 Å². The van der Waals surface area contributed by atoms with Crippen LogP contribution >= 0.6 is 0 Å². The van der Waals surface area contributed by atoms with Crippen molar-refractivity contribution in [3.05, 3.63) is 12.2 Å². The van der Waals surface area contributed by atoms with Crippen molar-refractivity contribution >= 4 is 0 Å². The quantitative estimate of drug-likeness (QED) is 0.561. The molecule has 0 aromatic rings. The van der Waals surface area contributed by atoms with Gasteiger partial charge in [-0.25, -0.2) is 0 Å². The highest BCUT2D eigenvalue weighted by molar-refractivity contribution is 5.01. The van der Waals surface area contributed by atoms with Gasteiger partial charge in [0.1, 0.15) is 0 Å². The van der Waals surface area contributed by atoms with Gasteiger partial charge in [-0.1, -0.05) is 12.2 Å². The summed E-state index contributed by atoms with van der Waals surface area (Å²) in [6.07, 6.45) is 2.89. The predicted molar refractivity (Wildman–Crippen MR) is 35.6 cm³/mol. The van der Waals surface area contributed by atoms with E-state index in [1.165, 1.54) is 0 Å². The Morgan fingerprint density at radius 1 is 1.67 bits per heavy atom. The standard InChI is InChI=1S/C7H11NO/c1-3-4-7(5-8)6(2)9/h3-4,6-7,9H,1-2H3. The third kappa shape index (κ3) is 2.89. The van der Waals surface area contributed by atoms with E-state index in [2.05, 4.69) is 0 Å². The molecule has 2 heteroatoms. The van der Waals surface area contributed by atoms with E-state index in [1.54, 1.807) is 19.1 Å². The third-order valence-corrected chi connectivity index (χ3v) is 1.07. The fourth-order valence-electron chi connectivity index (χ4n) is 0.519. The van der Waals surface area contributed by atoms with Crippen LogP contribution in [0, 0.1) is 17.2 Å². The number of hydrogen-bond donors (Lipinski definition) is 1. The van der Waals surface area contributed by atoms with Crippen LogP contribution in [0.5, 0.6) is 0 Å². The fraction of sp³-hybridized carbons (Fsp3) is 0.571. The van der Waals surface area contributed by atoms with E-state index < -0.39 is 6.10 Å². The largest absolute Gasteiger partial charge is 0.392 e. The SMILES string of the molecule is CC=CC(C#N)C(C)O. The Morgan fingerprint density at radius 2 is 2.22 bits per heavy atom. The molecule has 0 radical (unpaired) electrons. The van der Waals surface area contributed by atoms with E-state index in [9.17, 15) is 0 Å². The molecule has 0 aromatic carbocycles. The highest BCUT2D eigenvalue weighted by atomic mass is 16.3. The predicted octanol–water partition coefficient (Wildman–Crippen LogP) is 1.08. The van der Waals surface area contributed by atoms with Crippen LogP contribution in [-0.2, 0) is 0 Å². The number of rotatable bonds is 2. The summed E-state index contributed by atoms with van der Waals surface area (Å²) in [7, 11) is 0. The van der Waals surface area contributed by atoms with Crippen LogP contribution in [0.1, 0.15) is 13.8 Å². The molecule has 0 aliphatic carbocycles. The minimum Gasteiger partial charge on any atom is -0.392 e. The van der Waals surface area contributed by atoms with Gasteiger partial charge in [0.25, 0.3) is 0 Å². The second-order valence-corrected chi connectivity index (χ2v) is 1.92. The number of hydrogen-bond acceptors (Lipinski definition) is 2. The van der Waals surface area contributed by atoms with Gasteiger partial charge in [0.15, 0.2) is 0 Å². The molecule has 0 spiro atoms. The molecule has 2 nitrogen and oxygen atoms in total. The van der Waals surface area contributed by atoms with Crippen molar-refractivity contribution < 1.29 is 5.11 Å². The van der Waals surface area contributed by atoms with Gasteiger partial charge >= 0.3 is 0 Å². The van der Waals surface area contributed by atoms with E-state index >= 15 is 0 Å². The molecule has 0 amide bonds. The third-order valence-electron chi connectivity index (χ3n) is 1.07. The van der Waals surface area contributed by atoms with Crippen LogP contribution in [0.3, 0.4) is 0 Å². The Labute approximate surface area is 55.4 Å². The molecule has 2 atom stereocenters. The monoisotopic (exact) mass is 125 g/mol. The summed E-state index contributed by atoms with van der Waals surface area (Å²) in [4.78, 5) is 0. The lowest BCUT2D eigenvalue weighted by Crippen LogP contribution is -2.11. The summed E-state index contributed by atoms with van der Waals surface area (Å²) >= 11 is 0. The molecule has 0 aliphatic rings. The Morgan fingerprint density at radius 3 is 2.33 bits per heavy atom. The molecule has 0 aromatic heterocycles. The maximum Gasteiger partial charge on any atom is 0.0899 e. The van der Waals surface area contributed by atoms with Crippen LogP contribution < -0.4 is 0 Å². The minimum atomic E-state index is -0.564. The summed E-state index contributed by atoms with van der Waals surface area (Å²) < 4.78 is 0. The summed E-state index contributed by atoms with van der Waals surface area (Å²) in [6.45, 7) is 3.43. The fourth-order valence-corrected chi connectivity index (χ4v) is 0.519. The zero-order valence-corrected chi connectivity index (χ0v) is 5.70. The van der Waals surface area contributed by atoms with Gasteiger partial charge in [0.2, 0.25) is 0 Å². The van der Waals surface area contributed by atoms with Gasteiger partial charge in [-0.2, -0.15) is 5.26 Å².